The zero-order valence-electron chi connectivity index (χ0n) is 6.53. The van der Waals surface area contributed by atoms with E-state index in [2.05, 4.69) is 17.5 Å². The van der Waals surface area contributed by atoms with Crippen molar-refractivity contribution < 1.29 is 0 Å². The molecule has 1 aliphatic rings. The molecule has 1 aliphatic heterocycles. The molecule has 0 radical (unpaired) electrons. The monoisotopic (exact) mass is 170 g/mol. The predicted octanol–water partition coefficient (Wildman–Crippen LogP) is 0.978. The van der Waals surface area contributed by atoms with Crippen molar-refractivity contribution >= 4 is 12.6 Å². The van der Waals surface area contributed by atoms with Crippen LogP contribution >= 0.6 is 12.6 Å². The lowest BCUT2D eigenvalue weighted by Gasteiger charge is -2.20. The normalized spacial score (nSPS) is 16.8. The van der Waals surface area contributed by atoms with E-state index in [0.717, 1.165) is 31.0 Å². The van der Waals surface area contributed by atoms with Crippen LogP contribution in [0.5, 0.6) is 0 Å². The second-order valence-corrected chi connectivity index (χ2v) is 3.04. The summed E-state index contributed by atoms with van der Waals surface area (Å²) in [7, 11) is 0. The molecule has 1 rings (SSSR count). The molecule has 0 aromatic carbocycles. The molecular formula is C8H14N2S. The number of allylic oxidation sites excluding steroid dienone is 1. The van der Waals surface area contributed by atoms with E-state index in [9.17, 15) is 0 Å². The molecule has 1 heterocycles. The van der Waals surface area contributed by atoms with Gasteiger partial charge in [0.25, 0.3) is 0 Å². The van der Waals surface area contributed by atoms with Gasteiger partial charge in [-0.15, -0.1) is 0 Å². The van der Waals surface area contributed by atoms with Crippen molar-refractivity contribution in [3.05, 3.63) is 24.0 Å². The van der Waals surface area contributed by atoms with Gasteiger partial charge in [-0.1, -0.05) is 0 Å². The van der Waals surface area contributed by atoms with Crippen LogP contribution in [0.4, 0.5) is 0 Å². The van der Waals surface area contributed by atoms with E-state index in [4.69, 9.17) is 5.73 Å². The molecule has 0 fully saturated rings. The van der Waals surface area contributed by atoms with Crippen LogP contribution in [0.3, 0.4) is 0 Å². The lowest BCUT2D eigenvalue weighted by atomic mass is 10.3. The molecule has 0 unspecified atom stereocenters. The third-order valence-electron chi connectivity index (χ3n) is 1.64. The topological polar surface area (TPSA) is 29.3 Å². The summed E-state index contributed by atoms with van der Waals surface area (Å²) in [5.41, 5.74) is 6.43. The fourth-order valence-electron chi connectivity index (χ4n) is 0.983. The molecule has 0 amide bonds. The van der Waals surface area contributed by atoms with E-state index in [0.29, 0.717) is 0 Å². The summed E-state index contributed by atoms with van der Waals surface area (Å²) in [6.07, 6.45) is 7.13. The zero-order chi connectivity index (χ0) is 8.10. The Labute approximate surface area is 73.2 Å². The number of hydrogen-bond donors (Lipinski definition) is 2. The molecule has 0 spiro atoms. The van der Waals surface area contributed by atoms with E-state index in [1.54, 1.807) is 0 Å². The number of hydrogen-bond acceptors (Lipinski definition) is 3. The maximum absolute atomic E-state index is 5.56. The van der Waals surface area contributed by atoms with Crippen LogP contribution in [0.1, 0.15) is 6.42 Å². The third-order valence-corrected chi connectivity index (χ3v) is 1.96. The lowest BCUT2D eigenvalue weighted by molar-refractivity contribution is 0.411. The molecule has 2 nitrogen and oxygen atoms in total. The van der Waals surface area contributed by atoms with Gasteiger partial charge in [-0.3, -0.25) is 0 Å². The highest BCUT2D eigenvalue weighted by molar-refractivity contribution is 7.80. The van der Waals surface area contributed by atoms with Crippen LogP contribution in [0, 0.1) is 0 Å². The van der Waals surface area contributed by atoms with E-state index in [-0.39, 0.29) is 0 Å². The van der Waals surface area contributed by atoms with Gasteiger partial charge >= 0.3 is 0 Å². The van der Waals surface area contributed by atoms with Gasteiger partial charge in [-0.25, -0.2) is 0 Å². The summed E-state index contributed by atoms with van der Waals surface area (Å²) < 4.78 is 0. The highest BCUT2D eigenvalue weighted by atomic mass is 32.1. The van der Waals surface area contributed by atoms with Gasteiger partial charge in [-0.2, -0.15) is 12.6 Å². The van der Waals surface area contributed by atoms with Gasteiger partial charge in [-0.05, 0) is 24.3 Å². The predicted molar refractivity (Wildman–Crippen MR) is 51.5 cm³/mol. The molecule has 0 saturated heterocycles. The Morgan fingerprint density at radius 3 is 3.00 bits per heavy atom. The molecule has 3 heteroatoms. The summed E-state index contributed by atoms with van der Waals surface area (Å²) in [4.78, 5) is 2.23. The summed E-state index contributed by atoms with van der Waals surface area (Å²) in [6.45, 7) is 2.01. The summed E-state index contributed by atoms with van der Waals surface area (Å²) >= 11 is 4.15. The van der Waals surface area contributed by atoms with Crippen molar-refractivity contribution in [2.24, 2.45) is 5.73 Å². The molecule has 0 saturated carbocycles. The lowest BCUT2D eigenvalue weighted by Crippen LogP contribution is -2.22. The Bertz CT molecular complexity index is 175. The second kappa shape index (κ2) is 4.34. The minimum Gasteiger partial charge on any atom is -0.399 e. The van der Waals surface area contributed by atoms with Crippen molar-refractivity contribution in [3.63, 3.8) is 0 Å². The quantitative estimate of drug-likeness (QED) is 0.618. The van der Waals surface area contributed by atoms with Crippen LogP contribution in [-0.4, -0.2) is 23.7 Å². The van der Waals surface area contributed by atoms with Crippen LogP contribution in [0.25, 0.3) is 0 Å². The number of thiol groups is 1. The van der Waals surface area contributed by atoms with E-state index >= 15 is 0 Å². The fourth-order valence-corrected chi connectivity index (χ4v) is 1.12. The SMILES string of the molecule is NC1=CCN(CCCS)C=C1. The first-order chi connectivity index (χ1) is 5.33. The van der Waals surface area contributed by atoms with Crippen LogP contribution < -0.4 is 5.73 Å². The molecule has 62 valence electrons. The Balaban J connectivity index is 2.25. The summed E-state index contributed by atoms with van der Waals surface area (Å²) in [5, 5.41) is 0. The van der Waals surface area contributed by atoms with Gasteiger partial charge < -0.3 is 10.6 Å². The average Bonchev–Trinajstić information content (AvgIpc) is 2.04. The highest BCUT2D eigenvalue weighted by Crippen LogP contribution is 2.02. The zero-order valence-corrected chi connectivity index (χ0v) is 7.43. The number of nitrogens with zero attached hydrogens (tertiary/aromatic N) is 1. The van der Waals surface area contributed by atoms with Crippen molar-refractivity contribution in [2.45, 2.75) is 6.42 Å². The first kappa shape index (κ1) is 8.53. The minimum atomic E-state index is 0.868. The molecule has 0 atom stereocenters. The van der Waals surface area contributed by atoms with E-state index < -0.39 is 0 Å². The number of rotatable bonds is 3. The average molecular weight is 170 g/mol. The Morgan fingerprint density at radius 2 is 2.45 bits per heavy atom. The largest absolute Gasteiger partial charge is 0.399 e. The van der Waals surface area contributed by atoms with Gasteiger partial charge in [0.1, 0.15) is 0 Å². The van der Waals surface area contributed by atoms with E-state index in [1.807, 2.05) is 18.4 Å². The molecule has 0 bridgehead atoms. The van der Waals surface area contributed by atoms with Crippen molar-refractivity contribution in [2.75, 3.05) is 18.8 Å². The minimum absolute atomic E-state index is 0.868. The van der Waals surface area contributed by atoms with Crippen molar-refractivity contribution in [1.29, 1.82) is 0 Å². The molecule has 0 aromatic rings. The second-order valence-electron chi connectivity index (χ2n) is 2.59. The van der Waals surface area contributed by atoms with Crippen LogP contribution in [0.2, 0.25) is 0 Å². The number of nitrogens with two attached hydrogens (primary N) is 1. The highest BCUT2D eigenvalue weighted by Gasteiger charge is 2.00. The first-order valence-corrected chi connectivity index (χ1v) is 4.45. The Hall–Kier alpha value is -0.570. The maximum atomic E-state index is 5.56. The standard InChI is InChI=1S/C8H14N2S/c9-8-2-5-10(6-3-8)4-1-7-11/h2-3,5,11H,1,4,6-7,9H2. The third kappa shape index (κ3) is 2.89. The Kier molecular flexibility index (Phi) is 3.36. The summed E-state index contributed by atoms with van der Waals surface area (Å²) in [5.74, 6) is 0.948. The molecule has 2 N–H and O–H groups in total. The Morgan fingerprint density at radius 1 is 1.64 bits per heavy atom. The molecule has 11 heavy (non-hydrogen) atoms. The first-order valence-electron chi connectivity index (χ1n) is 3.81. The van der Waals surface area contributed by atoms with Gasteiger partial charge in [0.05, 0.1) is 0 Å². The molecule has 0 aliphatic carbocycles. The van der Waals surface area contributed by atoms with Crippen LogP contribution in [0.15, 0.2) is 24.0 Å². The van der Waals surface area contributed by atoms with Gasteiger partial charge in [0.15, 0.2) is 0 Å². The van der Waals surface area contributed by atoms with Gasteiger partial charge in [0, 0.05) is 25.0 Å². The van der Waals surface area contributed by atoms with Crippen molar-refractivity contribution in [1.82, 2.24) is 4.90 Å². The van der Waals surface area contributed by atoms with Gasteiger partial charge in [0.2, 0.25) is 0 Å². The smallest absolute Gasteiger partial charge is 0.0376 e. The molecular weight excluding hydrogens is 156 g/mol. The van der Waals surface area contributed by atoms with Crippen molar-refractivity contribution in [3.8, 4) is 0 Å². The maximum Gasteiger partial charge on any atom is 0.0376 e. The summed E-state index contributed by atoms with van der Waals surface area (Å²) in [6, 6.07) is 0. The molecule has 0 aromatic heterocycles. The van der Waals surface area contributed by atoms with Crippen LogP contribution in [-0.2, 0) is 0 Å². The fraction of sp³-hybridized carbons (Fsp3) is 0.500. The van der Waals surface area contributed by atoms with E-state index in [1.165, 1.54) is 0 Å².